The molecule has 0 spiro atoms. The normalized spacial score (nSPS) is 17.5. The van der Waals surface area contributed by atoms with Gasteiger partial charge in [0.25, 0.3) is 5.91 Å². The Morgan fingerprint density at radius 3 is 2.65 bits per heavy atom. The zero-order valence-corrected chi connectivity index (χ0v) is 16.5. The van der Waals surface area contributed by atoms with Crippen molar-refractivity contribution in [2.24, 2.45) is 0 Å². The van der Waals surface area contributed by atoms with E-state index < -0.39 is 17.5 Å². The number of aryl methyl sites for hydroxylation is 1. The van der Waals surface area contributed by atoms with Crippen molar-refractivity contribution in [2.45, 2.75) is 38.1 Å². The van der Waals surface area contributed by atoms with E-state index in [1.807, 2.05) is 6.07 Å². The van der Waals surface area contributed by atoms with Crippen LogP contribution in [0.3, 0.4) is 0 Å². The highest BCUT2D eigenvalue weighted by Gasteiger charge is 2.25. The van der Waals surface area contributed by atoms with Crippen LogP contribution in [0.1, 0.15) is 36.1 Å². The second kappa shape index (κ2) is 7.57. The van der Waals surface area contributed by atoms with Gasteiger partial charge in [0.1, 0.15) is 17.5 Å². The van der Waals surface area contributed by atoms with Crippen LogP contribution in [0.5, 0.6) is 0 Å². The number of aromatic nitrogens is 3. The summed E-state index contributed by atoms with van der Waals surface area (Å²) < 4.78 is 29.7. The van der Waals surface area contributed by atoms with Gasteiger partial charge in [-0.15, -0.1) is 0 Å². The number of benzene rings is 1. The van der Waals surface area contributed by atoms with Gasteiger partial charge in [0.2, 0.25) is 5.91 Å². The van der Waals surface area contributed by atoms with Crippen molar-refractivity contribution in [2.75, 3.05) is 5.32 Å². The van der Waals surface area contributed by atoms with Gasteiger partial charge in [-0.1, -0.05) is 6.07 Å². The summed E-state index contributed by atoms with van der Waals surface area (Å²) in [6.45, 7) is 0. The Morgan fingerprint density at radius 1 is 1.19 bits per heavy atom. The van der Waals surface area contributed by atoms with E-state index in [2.05, 4.69) is 20.7 Å². The number of carbonyl (C=O) groups excluding carboxylic acids is 2. The van der Waals surface area contributed by atoms with Crippen LogP contribution >= 0.6 is 0 Å². The molecule has 1 aliphatic heterocycles. The Labute approximate surface area is 176 Å². The lowest BCUT2D eigenvalue weighted by Crippen LogP contribution is -2.19. The molecule has 0 unspecified atom stereocenters. The smallest absolute Gasteiger partial charge is 0.254 e. The Balaban J connectivity index is 1.51. The van der Waals surface area contributed by atoms with Gasteiger partial charge in [0, 0.05) is 34.5 Å². The minimum Gasteiger partial charge on any atom is -0.367 e. The number of imide groups is 1. The van der Waals surface area contributed by atoms with E-state index in [1.54, 1.807) is 16.8 Å². The van der Waals surface area contributed by atoms with Crippen LogP contribution in [0.15, 0.2) is 36.0 Å². The molecule has 3 aromatic rings. The molecule has 3 heterocycles. The summed E-state index contributed by atoms with van der Waals surface area (Å²) in [6, 6.07) is 6.01. The van der Waals surface area contributed by atoms with Gasteiger partial charge in [-0.2, -0.15) is 9.61 Å². The molecule has 1 saturated carbocycles. The summed E-state index contributed by atoms with van der Waals surface area (Å²) in [5.41, 5.74) is 2.12. The fourth-order valence-corrected chi connectivity index (χ4v) is 3.63. The quantitative estimate of drug-likeness (QED) is 0.470. The highest BCUT2D eigenvalue weighted by Crippen LogP contribution is 2.27. The SMILES string of the molecule is O=C1C/C(=C\c2cnn3c(NC4CC4)cc(CCc4c(F)cccc4F)nc23)C(=O)N1. The first kappa shape index (κ1) is 19.3. The average Bonchev–Trinajstić information content (AvgIpc) is 3.36. The van der Waals surface area contributed by atoms with Crippen molar-refractivity contribution in [1.82, 2.24) is 19.9 Å². The van der Waals surface area contributed by atoms with Crippen LogP contribution in [0.4, 0.5) is 14.6 Å². The third-order valence-corrected chi connectivity index (χ3v) is 5.40. The Morgan fingerprint density at radius 2 is 1.97 bits per heavy atom. The van der Waals surface area contributed by atoms with E-state index in [0.29, 0.717) is 34.9 Å². The van der Waals surface area contributed by atoms with Gasteiger partial charge in [-0.05, 0) is 43.9 Å². The first-order valence-electron chi connectivity index (χ1n) is 10.1. The largest absolute Gasteiger partial charge is 0.367 e. The standard InChI is InChI=1S/C22H19F2N5O2/c23-17-2-1-3-18(24)16(17)7-6-15-10-19(26-14-4-5-14)29-21(27-15)13(11-25-29)8-12-9-20(30)28-22(12)31/h1-3,8,10-11,14,26H,4-7,9H2,(H,28,30,31)/b12-8+. The lowest BCUT2D eigenvalue weighted by Gasteiger charge is -2.11. The number of nitrogens with one attached hydrogen (secondary N) is 2. The summed E-state index contributed by atoms with van der Waals surface area (Å²) >= 11 is 0. The third kappa shape index (κ3) is 3.90. The minimum absolute atomic E-state index is 0.00953. The topological polar surface area (TPSA) is 88.4 Å². The maximum Gasteiger partial charge on any atom is 0.254 e. The second-order valence-corrected chi connectivity index (χ2v) is 7.81. The Kier molecular flexibility index (Phi) is 4.72. The van der Waals surface area contributed by atoms with Crippen LogP contribution in [-0.4, -0.2) is 32.5 Å². The monoisotopic (exact) mass is 423 g/mol. The lowest BCUT2D eigenvalue weighted by molar-refractivity contribution is -0.124. The molecule has 31 heavy (non-hydrogen) atoms. The van der Waals surface area contributed by atoms with Crippen molar-refractivity contribution >= 4 is 29.4 Å². The van der Waals surface area contributed by atoms with Crippen LogP contribution in [-0.2, 0) is 22.4 Å². The number of fused-ring (bicyclic) bond motifs is 1. The molecular formula is C22H19F2N5O2. The molecule has 0 atom stereocenters. The maximum absolute atomic E-state index is 14.0. The highest BCUT2D eigenvalue weighted by atomic mass is 19.1. The summed E-state index contributed by atoms with van der Waals surface area (Å²) in [6.07, 6.45) is 5.80. The number of carbonyl (C=O) groups is 2. The van der Waals surface area contributed by atoms with Crippen molar-refractivity contribution in [3.63, 3.8) is 0 Å². The number of nitrogens with zero attached hydrogens (tertiary/aromatic N) is 3. The van der Waals surface area contributed by atoms with Gasteiger partial charge in [-0.25, -0.2) is 13.8 Å². The molecule has 2 aromatic heterocycles. The van der Waals surface area contributed by atoms with E-state index in [0.717, 1.165) is 18.7 Å². The summed E-state index contributed by atoms with van der Waals surface area (Å²) in [5.74, 6) is -1.20. The first-order chi connectivity index (χ1) is 15.0. The number of hydrogen-bond donors (Lipinski definition) is 2. The average molecular weight is 423 g/mol. The number of anilines is 1. The Bertz CT molecular complexity index is 1230. The van der Waals surface area contributed by atoms with Crippen LogP contribution in [0.2, 0.25) is 0 Å². The summed E-state index contributed by atoms with van der Waals surface area (Å²) in [4.78, 5) is 28.1. The number of halogens is 2. The van der Waals surface area contributed by atoms with Gasteiger partial charge < -0.3 is 5.32 Å². The molecule has 7 nitrogen and oxygen atoms in total. The molecule has 2 fully saturated rings. The van der Waals surface area contributed by atoms with Gasteiger partial charge >= 0.3 is 0 Å². The fraction of sp³-hybridized carbons (Fsp3) is 0.273. The molecular weight excluding hydrogens is 404 g/mol. The van der Waals surface area contributed by atoms with E-state index in [9.17, 15) is 18.4 Å². The zero-order chi connectivity index (χ0) is 21.5. The second-order valence-electron chi connectivity index (χ2n) is 7.81. The molecule has 1 aliphatic carbocycles. The number of rotatable bonds is 6. The van der Waals surface area contributed by atoms with Crippen molar-refractivity contribution < 1.29 is 18.4 Å². The Hall–Kier alpha value is -3.62. The number of amides is 2. The van der Waals surface area contributed by atoms with Crippen molar-refractivity contribution in [3.05, 3.63) is 64.5 Å². The predicted molar refractivity (Wildman–Crippen MR) is 109 cm³/mol. The molecule has 1 saturated heterocycles. The third-order valence-electron chi connectivity index (χ3n) is 5.40. The van der Waals surface area contributed by atoms with E-state index in [4.69, 9.17) is 0 Å². The molecule has 0 bridgehead atoms. The van der Waals surface area contributed by atoms with E-state index in [-0.39, 0.29) is 24.3 Å². The molecule has 2 aliphatic rings. The molecule has 0 radical (unpaired) electrons. The highest BCUT2D eigenvalue weighted by molar-refractivity contribution is 6.15. The first-order valence-corrected chi connectivity index (χ1v) is 10.1. The molecule has 5 rings (SSSR count). The van der Waals surface area contributed by atoms with E-state index in [1.165, 1.54) is 18.2 Å². The molecule has 2 amide bonds. The molecule has 9 heteroatoms. The number of hydrogen-bond acceptors (Lipinski definition) is 5. The van der Waals surface area contributed by atoms with Crippen molar-refractivity contribution in [3.8, 4) is 0 Å². The maximum atomic E-state index is 14.0. The van der Waals surface area contributed by atoms with Crippen LogP contribution in [0, 0.1) is 11.6 Å². The van der Waals surface area contributed by atoms with E-state index >= 15 is 0 Å². The lowest BCUT2D eigenvalue weighted by atomic mass is 10.1. The van der Waals surface area contributed by atoms with Crippen LogP contribution in [0.25, 0.3) is 11.7 Å². The van der Waals surface area contributed by atoms with Gasteiger partial charge in [0.15, 0.2) is 5.65 Å². The summed E-state index contributed by atoms with van der Waals surface area (Å²) in [7, 11) is 0. The fourth-order valence-electron chi connectivity index (χ4n) is 3.63. The molecule has 1 aromatic carbocycles. The minimum atomic E-state index is -0.580. The predicted octanol–water partition coefficient (Wildman–Crippen LogP) is 2.80. The van der Waals surface area contributed by atoms with Gasteiger partial charge in [0.05, 0.1) is 12.6 Å². The molecule has 2 N–H and O–H groups in total. The summed E-state index contributed by atoms with van der Waals surface area (Å²) in [5, 5.41) is 10.0. The zero-order valence-electron chi connectivity index (χ0n) is 16.5. The van der Waals surface area contributed by atoms with Crippen LogP contribution < -0.4 is 10.6 Å². The van der Waals surface area contributed by atoms with Crippen molar-refractivity contribution in [1.29, 1.82) is 0 Å². The van der Waals surface area contributed by atoms with Gasteiger partial charge in [-0.3, -0.25) is 14.9 Å². The molecule has 158 valence electrons.